The first-order valence-electron chi connectivity index (χ1n) is 7.93. The fourth-order valence-electron chi connectivity index (χ4n) is 2.45. The fraction of sp³-hybridized carbons (Fsp3) is 0.200. The maximum absolute atomic E-state index is 9.64. The van der Waals surface area contributed by atoms with Gasteiger partial charge in [0.25, 0.3) is 0 Å². The Bertz CT molecular complexity index is 934. The number of para-hydroxylation sites is 2. The van der Waals surface area contributed by atoms with Crippen molar-refractivity contribution in [3.63, 3.8) is 0 Å². The molecule has 0 saturated carbocycles. The first kappa shape index (κ1) is 17.0. The van der Waals surface area contributed by atoms with E-state index in [4.69, 9.17) is 9.47 Å². The molecule has 0 aliphatic heterocycles. The molecule has 0 spiro atoms. The molecule has 0 amide bonds. The van der Waals surface area contributed by atoms with Gasteiger partial charge in [-0.3, -0.25) is 0 Å². The minimum atomic E-state index is -0.00330. The Morgan fingerprint density at radius 2 is 2.00 bits per heavy atom. The number of aromatic nitrogens is 1. The van der Waals surface area contributed by atoms with Gasteiger partial charge >= 0.3 is 0 Å². The van der Waals surface area contributed by atoms with Crippen LogP contribution in [0.4, 0.5) is 0 Å². The molecule has 0 aliphatic rings. The molecule has 0 radical (unpaired) electrons. The van der Waals surface area contributed by atoms with Gasteiger partial charge in [0.05, 0.1) is 29.0 Å². The normalized spacial score (nSPS) is 11.6. The molecule has 0 bridgehead atoms. The van der Waals surface area contributed by atoms with Gasteiger partial charge in [0.1, 0.15) is 11.1 Å². The second kappa shape index (κ2) is 7.37. The van der Waals surface area contributed by atoms with E-state index in [0.29, 0.717) is 22.1 Å². The van der Waals surface area contributed by atoms with Gasteiger partial charge in [-0.05, 0) is 38.1 Å². The van der Waals surface area contributed by atoms with Gasteiger partial charge in [0.2, 0.25) is 0 Å². The standard InChI is InChI=1S/C20H18N2O2S/c1-13(2)24-19-14(7-6-9-17(19)23-3)11-15(12-21)20-22-16-8-4-5-10-18(16)25-20/h4-11,13H,1-3H3/b15-11+. The Morgan fingerprint density at radius 1 is 1.20 bits per heavy atom. The van der Waals surface area contributed by atoms with E-state index in [2.05, 4.69) is 11.1 Å². The topological polar surface area (TPSA) is 55.1 Å². The largest absolute Gasteiger partial charge is 0.493 e. The Kier molecular flexibility index (Phi) is 5.01. The van der Waals surface area contributed by atoms with Crippen molar-refractivity contribution >= 4 is 33.2 Å². The Balaban J connectivity index is 2.09. The summed E-state index contributed by atoms with van der Waals surface area (Å²) in [6.07, 6.45) is 1.80. The van der Waals surface area contributed by atoms with Crippen LogP contribution in [-0.2, 0) is 0 Å². The van der Waals surface area contributed by atoms with Crippen LogP contribution < -0.4 is 9.47 Å². The number of methoxy groups -OCH3 is 1. The van der Waals surface area contributed by atoms with Crippen LogP contribution in [-0.4, -0.2) is 18.2 Å². The first-order chi connectivity index (χ1) is 12.1. The van der Waals surface area contributed by atoms with Crippen LogP contribution >= 0.6 is 11.3 Å². The van der Waals surface area contributed by atoms with Gasteiger partial charge in [-0.25, -0.2) is 4.98 Å². The van der Waals surface area contributed by atoms with E-state index in [-0.39, 0.29) is 6.10 Å². The molecule has 25 heavy (non-hydrogen) atoms. The van der Waals surface area contributed by atoms with Crippen LogP contribution in [0.1, 0.15) is 24.4 Å². The zero-order valence-electron chi connectivity index (χ0n) is 14.3. The zero-order valence-corrected chi connectivity index (χ0v) is 15.1. The van der Waals surface area contributed by atoms with Gasteiger partial charge in [0, 0.05) is 5.56 Å². The van der Waals surface area contributed by atoms with Gasteiger partial charge in [-0.1, -0.05) is 24.3 Å². The van der Waals surface area contributed by atoms with Gasteiger partial charge in [-0.2, -0.15) is 5.26 Å². The third-order valence-electron chi connectivity index (χ3n) is 3.53. The molecule has 126 valence electrons. The zero-order chi connectivity index (χ0) is 17.8. The average molecular weight is 350 g/mol. The molecule has 3 aromatic rings. The Hall–Kier alpha value is -2.84. The lowest BCUT2D eigenvalue weighted by Gasteiger charge is -2.16. The Labute approximate surface area is 151 Å². The predicted molar refractivity (Wildman–Crippen MR) is 102 cm³/mol. The highest BCUT2D eigenvalue weighted by Gasteiger charge is 2.14. The maximum Gasteiger partial charge on any atom is 0.168 e. The molecule has 0 aliphatic carbocycles. The number of ether oxygens (including phenoxy) is 2. The van der Waals surface area contributed by atoms with E-state index in [0.717, 1.165) is 15.8 Å². The summed E-state index contributed by atoms with van der Waals surface area (Å²) >= 11 is 1.50. The summed E-state index contributed by atoms with van der Waals surface area (Å²) in [5.41, 5.74) is 2.19. The highest BCUT2D eigenvalue weighted by atomic mass is 32.1. The highest BCUT2D eigenvalue weighted by molar-refractivity contribution is 7.19. The minimum Gasteiger partial charge on any atom is -0.493 e. The van der Waals surface area contributed by atoms with Crippen molar-refractivity contribution in [1.29, 1.82) is 5.26 Å². The number of nitrogens with zero attached hydrogens (tertiary/aromatic N) is 2. The van der Waals surface area contributed by atoms with Gasteiger partial charge in [-0.15, -0.1) is 11.3 Å². The molecule has 3 rings (SSSR count). The summed E-state index contributed by atoms with van der Waals surface area (Å²) in [5.74, 6) is 1.28. The fourth-order valence-corrected chi connectivity index (χ4v) is 3.39. The van der Waals surface area contributed by atoms with Crippen molar-refractivity contribution in [3.05, 3.63) is 53.0 Å². The molecule has 0 fully saturated rings. The van der Waals surface area contributed by atoms with E-state index < -0.39 is 0 Å². The van der Waals surface area contributed by atoms with Crippen LogP contribution in [0, 0.1) is 11.3 Å². The summed E-state index contributed by atoms with van der Waals surface area (Å²) in [6, 6.07) is 15.8. The van der Waals surface area contributed by atoms with E-state index in [1.807, 2.05) is 56.3 Å². The average Bonchev–Trinajstić information content (AvgIpc) is 3.04. The number of nitriles is 1. The molecule has 1 aromatic heterocycles. The summed E-state index contributed by atoms with van der Waals surface area (Å²) < 4.78 is 12.4. The van der Waals surface area contributed by atoms with Crippen molar-refractivity contribution in [1.82, 2.24) is 4.98 Å². The quantitative estimate of drug-likeness (QED) is 0.597. The monoisotopic (exact) mass is 350 g/mol. The van der Waals surface area contributed by atoms with Crippen LogP contribution in [0.15, 0.2) is 42.5 Å². The van der Waals surface area contributed by atoms with E-state index in [9.17, 15) is 5.26 Å². The lowest BCUT2D eigenvalue weighted by Crippen LogP contribution is -2.08. The number of hydrogen-bond donors (Lipinski definition) is 0. The van der Waals surface area contributed by atoms with Gasteiger partial charge < -0.3 is 9.47 Å². The second-order valence-electron chi connectivity index (χ2n) is 5.70. The van der Waals surface area contributed by atoms with Crippen molar-refractivity contribution in [3.8, 4) is 17.6 Å². The number of hydrogen-bond acceptors (Lipinski definition) is 5. The van der Waals surface area contributed by atoms with Crippen LogP contribution in [0.25, 0.3) is 21.9 Å². The maximum atomic E-state index is 9.64. The smallest absolute Gasteiger partial charge is 0.168 e. The molecule has 0 unspecified atom stereocenters. The number of allylic oxidation sites excluding steroid dienone is 1. The Morgan fingerprint density at radius 3 is 2.68 bits per heavy atom. The molecule has 0 atom stereocenters. The van der Waals surface area contributed by atoms with Crippen molar-refractivity contribution < 1.29 is 9.47 Å². The summed E-state index contributed by atoms with van der Waals surface area (Å²) in [4.78, 5) is 4.57. The van der Waals surface area contributed by atoms with Crippen molar-refractivity contribution in [2.45, 2.75) is 20.0 Å². The number of thiazole rings is 1. The van der Waals surface area contributed by atoms with Crippen LogP contribution in [0.3, 0.4) is 0 Å². The minimum absolute atomic E-state index is 0.00330. The highest BCUT2D eigenvalue weighted by Crippen LogP contribution is 2.35. The molecule has 0 saturated heterocycles. The molecular weight excluding hydrogens is 332 g/mol. The number of benzene rings is 2. The summed E-state index contributed by atoms with van der Waals surface area (Å²) in [5, 5.41) is 10.3. The molecule has 5 heteroatoms. The van der Waals surface area contributed by atoms with Crippen LogP contribution in [0.5, 0.6) is 11.5 Å². The van der Waals surface area contributed by atoms with E-state index in [1.54, 1.807) is 13.2 Å². The van der Waals surface area contributed by atoms with Crippen molar-refractivity contribution in [2.75, 3.05) is 7.11 Å². The molecule has 0 N–H and O–H groups in total. The molecule has 4 nitrogen and oxygen atoms in total. The van der Waals surface area contributed by atoms with Gasteiger partial charge in [0.15, 0.2) is 11.5 Å². The lowest BCUT2D eigenvalue weighted by molar-refractivity contribution is 0.229. The van der Waals surface area contributed by atoms with Crippen molar-refractivity contribution in [2.24, 2.45) is 0 Å². The second-order valence-corrected chi connectivity index (χ2v) is 6.73. The first-order valence-corrected chi connectivity index (χ1v) is 8.75. The SMILES string of the molecule is COc1cccc(/C=C(\C#N)c2nc3ccccc3s2)c1OC(C)C. The van der Waals surface area contributed by atoms with E-state index >= 15 is 0 Å². The van der Waals surface area contributed by atoms with E-state index in [1.165, 1.54) is 11.3 Å². The lowest BCUT2D eigenvalue weighted by atomic mass is 10.1. The summed E-state index contributed by atoms with van der Waals surface area (Å²) in [7, 11) is 1.61. The summed E-state index contributed by atoms with van der Waals surface area (Å²) in [6.45, 7) is 3.91. The number of fused-ring (bicyclic) bond motifs is 1. The molecule has 1 heterocycles. The third-order valence-corrected chi connectivity index (χ3v) is 4.60. The molecular formula is C20H18N2O2S. The molecule has 2 aromatic carbocycles. The number of rotatable bonds is 5. The van der Waals surface area contributed by atoms with Crippen LogP contribution in [0.2, 0.25) is 0 Å². The predicted octanol–water partition coefficient (Wildman–Crippen LogP) is 5.16. The third kappa shape index (κ3) is 3.65.